The molecule has 0 spiro atoms. The smallest absolute Gasteiger partial charge is 0.188 e. The molecule has 0 radical (unpaired) electrons. The molecule has 0 aliphatic carbocycles. The maximum atomic E-state index is 5.62. The summed E-state index contributed by atoms with van der Waals surface area (Å²) in [5, 5.41) is 6.53. The van der Waals surface area contributed by atoms with Crippen LogP contribution < -0.4 is 10.1 Å². The summed E-state index contributed by atoms with van der Waals surface area (Å²) in [5.74, 6) is 1.64. The molecular weight excluding hydrogens is 370 g/mol. The van der Waals surface area contributed by atoms with Crippen molar-refractivity contribution in [3.8, 4) is 16.6 Å². The Balaban J connectivity index is 1.43. The highest BCUT2D eigenvalue weighted by Crippen LogP contribution is 2.31. The van der Waals surface area contributed by atoms with E-state index in [-0.39, 0.29) is 0 Å². The van der Waals surface area contributed by atoms with Crippen molar-refractivity contribution >= 4 is 11.3 Å². The number of nitrogens with zero attached hydrogens (tertiary/aromatic N) is 4. The van der Waals surface area contributed by atoms with Crippen molar-refractivity contribution in [1.82, 2.24) is 25.2 Å². The molecule has 1 N–H and O–H groups in total. The molecule has 7 heteroatoms. The summed E-state index contributed by atoms with van der Waals surface area (Å²) in [5.41, 5.74) is 2.27. The topological polar surface area (TPSA) is 63.2 Å². The Morgan fingerprint density at radius 1 is 1.14 bits per heavy atom. The zero-order valence-electron chi connectivity index (χ0n) is 16.0. The average molecular weight is 396 g/mol. The third kappa shape index (κ3) is 4.38. The standard InChI is InChI=1S/C21H25N5OS/c1-27-19-8-3-2-7-17(19)18(26-11-4-5-12-26)14-22-13-16-15-28-21(25-16)20-23-9-6-10-24-20/h2-3,6-10,15,18,22H,4-5,11-14H2,1H3/t18-/m1/s1. The third-order valence-electron chi connectivity index (χ3n) is 5.03. The number of aromatic nitrogens is 3. The predicted molar refractivity (Wildman–Crippen MR) is 111 cm³/mol. The van der Waals surface area contributed by atoms with Gasteiger partial charge in [-0.2, -0.15) is 0 Å². The van der Waals surface area contributed by atoms with E-state index in [9.17, 15) is 0 Å². The van der Waals surface area contributed by atoms with Gasteiger partial charge in [-0.3, -0.25) is 4.90 Å². The molecule has 2 aromatic heterocycles. The number of benzene rings is 1. The maximum Gasteiger partial charge on any atom is 0.188 e. The zero-order chi connectivity index (χ0) is 19.2. The molecule has 1 aliphatic heterocycles. The highest BCUT2D eigenvalue weighted by atomic mass is 32.1. The minimum Gasteiger partial charge on any atom is -0.496 e. The van der Waals surface area contributed by atoms with Gasteiger partial charge < -0.3 is 10.1 Å². The quantitative estimate of drug-likeness (QED) is 0.629. The molecule has 0 unspecified atom stereocenters. The first-order chi connectivity index (χ1) is 13.8. The van der Waals surface area contributed by atoms with Crippen molar-refractivity contribution in [1.29, 1.82) is 0 Å². The van der Waals surface area contributed by atoms with Crippen LogP contribution in [0.2, 0.25) is 0 Å². The fourth-order valence-corrected chi connectivity index (χ4v) is 4.43. The summed E-state index contributed by atoms with van der Waals surface area (Å²) >= 11 is 1.58. The molecule has 3 heterocycles. The van der Waals surface area contributed by atoms with Crippen molar-refractivity contribution in [2.75, 3.05) is 26.7 Å². The maximum absolute atomic E-state index is 5.62. The van der Waals surface area contributed by atoms with Crippen LogP contribution in [-0.2, 0) is 6.54 Å². The number of methoxy groups -OCH3 is 1. The van der Waals surface area contributed by atoms with Gasteiger partial charge in [0.05, 0.1) is 18.8 Å². The Kier molecular flexibility index (Phi) is 6.26. The molecule has 0 amide bonds. The lowest BCUT2D eigenvalue weighted by Crippen LogP contribution is -2.34. The van der Waals surface area contributed by atoms with Crippen LogP contribution in [0.25, 0.3) is 10.8 Å². The zero-order valence-corrected chi connectivity index (χ0v) is 16.9. The third-order valence-corrected chi connectivity index (χ3v) is 5.92. The van der Waals surface area contributed by atoms with Crippen LogP contribution in [0, 0.1) is 0 Å². The van der Waals surface area contributed by atoms with Crippen LogP contribution in [0.4, 0.5) is 0 Å². The highest BCUT2D eigenvalue weighted by Gasteiger charge is 2.25. The molecule has 4 rings (SSSR count). The Morgan fingerprint density at radius 3 is 2.71 bits per heavy atom. The number of hydrogen-bond acceptors (Lipinski definition) is 7. The summed E-state index contributed by atoms with van der Waals surface area (Å²) < 4.78 is 5.62. The minimum absolute atomic E-state index is 0.300. The summed E-state index contributed by atoms with van der Waals surface area (Å²) in [6.45, 7) is 3.85. The van der Waals surface area contributed by atoms with E-state index >= 15 is 0 Å². The van der Waals surface area contributed by atoms with Crippen LogP contribution in [0.1, 0.15) is 30.1 Å². The van der Waals surface area contributed by atoms with Crippen LogP contribution in [0.3, 0.4) is 0 Å². The number of hydrogen-bond donors (Lipinski definition) is 1. The first-order valence-electron chi connectivity index (χ1n) is 9.64. The number of likely N-dealkylation sites (tertiary alicyclic amines) is 1. The number of ether oxygens (including phenoxy) is 1. The van der Waals surface area contributed by atoms with Gasteiger partial charge in [0, 0.05) is 36.4 Å². The number of rotatable bonds is 8. The Labute approximate surface area is 169 Å². The summed E-state index contributed by atoms with van der Waals surface area (Å²) in [6, 6.07) is 10.5. The molecular formula is C21H25N5OS. The lowest BCUT2D eigenvalue weighted by Gasteiger charge is -2.29. The second-order valence-electron chi connectivity index (χ2n) is 6.85. The van der Waals surface area contributed by atoms with E-state index in [1.54, 1.807) is 30.8 Å². The fraction of sp³-hybridized carbons (Fsp3) is 0.381. The molecule has 1 atom stereocenters. The molecule has 28 heavy (non-hydrogen) atoms. The largest absolute Gasteiger partial charge is 0.496 e. The van der Waals surface area contributed by atoms with Crippen LogP contribution in [0.5, 0.6) is 5.75 Å². The molecule has 0 saturated carbocycles. The minimum atomic E-state index is 0.300. The lowest BCUT2D eigenvalue weighted by molar-refractivity contribution is 0.232. The van der Waals surface area contributed by atoms with E-state index in [4.69, 9.17) is 4.74 Å². The Hall–Kier alpha value is -2.35. The van der Waals surface area contributed by atoms with Gasteiger partial charge in [-0.15, -0.1) is 11.3 Å². The van der Waals surface area contributed by atoms with Crippen molar-refractivity contribution in [2.45, 2.75) is 25.4 Å². The van der Waals surface area contributed by atoms with E-state index in [0.29, 0.717) is 11.9 Å². The number of nitrogens with one attached hydrogen (secondary N) is 1. The van der Waals surface area contributed by atoms with Crippen LogP contribution >= 0.6 is 11.3 Å². The van der Waals surface area contributed by atoms with Gasteiger partial charge >= 0.3 is 0 Å². The second-order valence-corrected chi connectivity index (χ2v) is 7.71. The van der Waals surface area contributed by atoms with Crippen molar-refractivity contribution in [2.24, 2.45) is 0 Å². The molecule has 0 bridgehead atoms. The number of para-hydroxylation sites is 1. The Morgan fingerprint density at radius 2 is 1.93 bits per heavy atom. The highest BCUT2D eigenvalue weighted by molar-refractivity contribution is 7.13. The van der Waals surface area contributed by atoms with Crippen LogP contribution in [-0.4, -0.2) is 46.6 Å². The number of thiazole rings is 1. The van der Waals surface area contributed by atoms with Gasteiger partial charge in [0.2, 0.25) is 0 Å². The lowest BCUT2D eigenvalue weighted by atomic mass is 10.0. The average Bonchev–Trinajstić information content (AvgIpc) is 3.44. The second kappa shape index (κ2) is 9.23. The molecule has 6 nitrogen and oxygen atoms in total. The monoisotopic (exact) mass is 395 g/mol. The van der Waals surface area contributed by atoms with E-state index < -0.39 is 0 Å². The predicted octanol–water partition coefficient (Wildman–Crippen LogP) is 3.54. The normalized spacial score (nSPS) is 15.6. The summed E-state index contributed by atoms with van der Waals surface area (Å²) in [4.78, 5) is 15.8. The van der Waals surface area contributed by atoms with E-state index in [1.807, 2.05) is 18.2 Å². The molecule has 1 saturated heterocycles. The van der Waals surface area contributed by atoms with E-state index in [0.717, 1.165) is 42.6 Å². The van der Waals surface area contributed by atoms with Gasteiger partial charge in [-0.05, 0) is 38.1 Å². The van der Waals surface area contributed by atoms with Crippen LogP contribution in [0.15, 0.2) is 48.1 Å². The fourth-order valence-electron chi connectivity index (χ4n) is 3.67. The van der Waals surface area contributed by atoms with Gasteiger partial charge in [-0.1, -0.05) is 18.2 Å². The summed E-state index contributed by atoms with van der Waals surface area (Å²) in [7, 11) is 1.75. The Bertz CT molecular complexity index is 879. The van der Waals surface area contributed by atoms with E-state index in [1.165, 1.54) is 18.4 Å². The van der Waals surface area contributed by atoms with Crippen molar-refractivity contribution in [3.63, 3.8) is 0 Å². The molecule has 146 valence electrons. The molecule has 1 fully saturated rings. The SMILES string of the molecule is COc1ccccc1[C@@H](CNCc1csc(-c2ncccn2)n1)N1CCCC1. The van der Waals surface area contributed by atoms with Crippen molar-refractivity contribution < 1.29 is 4.74 Å². The molecule has 1 aliphatic rings. The molecule has 1 aromatic carbocycles. The van der Waals surface area contributed by atoms with Gasteiger partial charge in [0.15, 0.2) is 10.8 Å². The first-order valence-corrected chi connectivity index (χ1v) is 10.5. The summed E-state index contributed by atoms with van der Waals surface area (Å²) in [6.07, 6.45) is 6.02. The van der Waals surface area contributed by atoms with Gasteiger partial charge in [0.25, 0.3) is 0 Å². The van der Waals surface area contributed by atoms with Crippen molar-refractivity contribution in [3.05, 3.63) is 59.4 Å². The van der Waals surface area contributed by atoms with E-state index in [2.05, 4.69) is 42.7 Å². The first kappa shape index (κ1) is 19.0. The molecule has 3 aromatic rings. The van der Waals surface area contributed by atoms with Gasteiger partial charge in [-0.25, -0.2) is 15.0 Å². The van der Waals surface area contributed by atoms with Gasteiger partial charge in [0.1, 0.15) is 5.75 Å².